The highest BCUT2D eigenvalue weighted by molar-refractivity contribution is 6.33. The number of hydrogen-bond acceptors (Lipinski definition) is 3. The van der Waals surface area contributed by atoms with Gasteiger partial charge in [0.1, 0.15) is 0 Å². The summed E-state index contributed by atoms with van der Waals surface area (Å²) < 4.78 is 38.0. The van der Waals surface area contributed by atoms with Gasteiger partial charge in [-0.25, -0.2) is 0 Å². The molecule has 1 aliphatic heterocycles. The number of alkyl halides is 3. The second kappa shape index (κ2) is 5.82. The Labute approximate surface area is 123 Å². The van der Waals surface area contributed by atoms with Gasteiger partial charge in [-0.15, -0.1) is 0 Å². The third-order valence-corrected chi connectivity index (χ3v) is 3.55. The summed E-state index contributed by atoms with van der Waals surface area (Å²) >= 11 is 5.79. The van der Waals surface area contributed by atoms with E-state index in [4.69, 9.17) is 11.6 Å². The molecule has 0 unspecified atom stereocenters. The summed E-state index contributed by atoms with van der Waals surface area (Å²) in [4.78, 5) is 13.3. The van der Waals surface area contributed by atoms with E-state index in [9.17, 15) is 28.2 Å². The molecule has 21 heavy (non-hydrogen) atoms. The first-order chi connectivity index (χ1) is 9.68. The van der Waals surface area contributed by atoms with Crippen molar-refractivity contribution in [2.24, 2.45) is 0 Å². The second-order valence-corrected chi connectivity index (χ2v) is 5.35. The summed E-state index contributed by atoms with van der Waals surface area (Å²) in [7, 11) is 0. The fourth-order valence-electron chi connectivity index (χ4n) is 2.25. The number of aliphatic hydroxyl groups is 2. The summed E-state index contributed by atoms with van der Waals surface area (Å²) in [6.07, 6.45) is -6.29. The van der Waals surface area contributed by atoms with Gasteiger partial charge in [0.15, 0.2) is 0 Å². The molecule has 1 aromatic carbocycles. The number of piperidine rings is 1. The molecular formula is C13H13ClF3NO3. The molecule has 4 nitrogen and oxygen atoms in total. The molecule has 1 fully saturated rings. The van der Waals surface area contributed by atoms with Crippen LogP contribution in [0.1, 0.15) is 22.3 Å². The van der Waals surface area contributed by atoms with Gasteiger partial charge < -0.3 is 15.1 Å². The molecule has 0 aliphatic carbocycles. The van der Waals surface area contributed by atoms with Gasteiger partial charge in [0.2, 0.25) is 0 Å². The highest BCUT2D eigenvalue weighted by atomic mass is 35.5. The predicted molar refractivity (Wildman–Crippen MR) is 69.0 cm³/mol. The molecule has 1 aliphatic rings. The van der Waals surface area contributed by atoms with Gasteiger partial charge in [0, 0.05) is 19.5 Å². The molecule has 1 saturated heterocycles. The molecule has 0 saturated carbocycles. The van der Waals surface area contributed by atoms with Crippen LogP contribution in [-0.4, -0.2) is 46.3 Å². The molecule has 1 amide bonds. The van der Waals surface area contributed by atoms with Crippen molar-refractivity contribution in [1.29, 1.82) is 0 Å². The van der Waals surface area contributed by atoms with Crippen LogP contribution in [0.2, 0.25) is 5.02 Å². The van der Waals surface area contributed by atoms with Crippen LogP contribution in [0.3, 0.4) is 0 Å². The summed E-state index contributed by atoms with van der Waals surface area (Å²) in [6.45, 7) is -0.106. The van der Waals surface area contributed by atoms with Crippen LogP contribution >= 0.6 is 11.6 Å². The number of hydrogen-bond donors (Lipinski definition) is 2. The highest BCUT2D eigenvalue weighted by Crippen LogP contribution is 2.32. The van der Waals surface area contributed by atoms with E-state index in [-0.39, 0.29) is 30.1 Å². The van der Waals surface area contributed by atoms with Gasteiger partial charge >= 0.3 is 6.18 Å². The lowest BCUT2D eigenvalue weighted by molar-refractivity contribution is -0.137. The minimum atomic E-state index is -4.58. The maximum Gasteiger partial charge on any atom is 0.416 e. The van der Waals surface area contributed by atoms with Crippen molar-refractivity contribution in [3.05, 3.63) is 34.3 Å². The van der Waals surface area contributed by atoms with Crippen molar-refractivity contribution in [2.75, 3.05) is 13.1 Å². The summed E-state index contributed by atoms with van der Waals surface area (Å²) in [5.74, 6) is -0.746. The standard InChI is InChI=1S/C13H13ClF3NO3/c14-11-2-1-7(13(15,16)17)3-10(11)12(21)18-5-8(19)4-9(20)6-18/h1-3,8-9,19-20H,4-6H2/t8-,9-/m1/s1. The number of rotatable bonds is 1. The van der Waals surface area contributed by atoms with Crippen LogP contribution < -0.4 is 0 Å². The molecule has 0 radical (unpaired) electrons. The third-order valence-electron chi connectivity index (χ3n) is 3.22. The zero-order valence-electron chi connectivity index (χ0n) is 10.8. The SMILES string of the molecule is O=C(c1cc(C(F)(F)F)ccc1Cl)N1C[C@H](O)C[C@@H](O)C1. The average molecular weight is 324 g/mol. The minimum absolute atomic E-state index is 0.0531. The fourth-order valence-corrected chi connectivity index (χ4v) is 2.45. The van der Waals surface area contributed by atoms with Crippen molar-refractivity contribution in [3.8, 4) is 0 Å². The number of likely N-dealkylation sites (tertiary alicyclic amines) is 1. The molecule has 8 heteroatoms. The molecule has 1 heterocycles. The summed E-state index contributed by atoms with van der Waals surface area (Å²) in [6, 6.07) is 2.48. The zero-order valence-corrected chi connectivity index (χ0v) is 11.5. The number of carbonyl (C=O) groups is 1. The quantitative estimate of drug-likeness (QED) is 0.830. The Morgan fingerprint density at radius 2 is 1.81 bits per heavy atom. The number of halogens is 4. The molecule has 2 atom stereocenters. The molecule has 2 N–H and O–H groups in total. The Bertz CT molecular complexity index is 540. The van der Waals surface area contributed by atoms with Crippen LogP contribution in [-0.2, 0) is 6.18 Å². The Morgan fingerprint density at radius 1 is 1.24 bits per heavy atom. The van der Waals surface area contributed by atoms with Gasteiger partial charge in [-0.1, -0.05) is 11.6 Å². The maximum atomic E-state index is 12.7. The van der Waals surface area contributed by atoms with E-state index in [0.29, 0.717) is 6.07 Å². The van der Waals surface area contributed by atoms with Crippen molar-refractivity contribution in [3.63, 3.8) is 0 Å². The number of nitrogens with zero attached hydrogens (tertiary/aromatic N) is 1. The van der Waals surface area contributed by atoms with Crippen LogP contribution in [0.5, 0.6) is 0 Å². The van der Waals surface area contributed by atoms with Crippen molar-refractivity contribution >= 4 is 17.5 Å². The van der Waals surface area contributed by atoms with E-state index in [0.717, 1.165) is 17.0 Å². The van der Waals surface area contributed by atoms with Crippen molar-refractivity contribution in [1.82, 2.24) is 4.90 Å². The van der Waals surface area contributed by atoms with Gasteiger partial charge in [0.25, 0.3) is 5.91 Å². The van der Waals surface area contributed by atoms with Gasteiger partial charge in [0.05, 0.1) is 28.4 Å². The molecule has 1 aromatic rings. The van der Waals surface area contributed by atoms with Crippen LogP contribution in [0.15, 0.2) is 18.2 Å². The van der Waals surface area contributed by atoms with Crippen LogP contribution in [0.4, 0.5) is 13.2 Å². The van der Waals surface area contributed by atoms with Crippen molar-refractivity contribution in [2.45, 2.75) is 24.8 Å². The van der Waals surface area contributed by atoms with Crippen LogP contribution in [0, 0.1) is 0 Å². The number of carbonyl (C=O) groups excluding carboxylic acids is 1. The van der Waals surface area contributed by atoms with Gasteiger partial charge in [-0.3, -0.25) is 4.79 Å². The maximum absolute atomic E-state index is 12.7. The predicted octanol–water partition coefficient (Wildman–Crippen LogP) is 1.93. The summed E-state index contributed by atoms with van der Waals surface area (Å²) in [5, 5.41) is 19.0. The van der Waals surface area contributed by atoms with Crippen LogP contribution in [0.25, 0.3) is 0 Å². The first-order valence-electron chi connectivity index (χ1n) is 6.20. The molecular weight excluding hydrogens is 311 g/mol. The van der Waals surface area contributed by atoms with E-state index in [1.165, 1.54) is 0 Å². The van der Waals surface area contributed by atoms with Gasteiger partial charge in [-0.05, 0) is 18.2 Å². The lowest BCUT2D eigenvalue weighted by atomic mass is 10.0. The van der Waals surface area contributed by atoms with Crippen molar-refractivity contribution < 1.29 is 28.2 Å². The normalized spacial score (nSPS) is 23.2. The van der Waals surface area contributed by atoms with E-state index < -0.39 is 29.9 Å². The molecule has 2 rings (SSSR count). The lowest BCUT2D eigenvalue weighted by Gasteiger charge is -2.33. The molecule has 0 bridgehead atoms. The number of β-amino-alcohol motifs (C(OH)–C–C–N with tert-alkyl or cyclic N) is 2. The lowest BCUT2D eigenvalue weighted by Crippen LogP contribution is -2.48. The molecule has 116 valence electrons. The molecule has 0 aromatic heterocycles. The van der Waals surface area contributed by atoms with E-state index >= 15 is 0 Å². The summed E-state index contributed by atoms with van der Waals surface area (Å²) in [5.41, 5.74) is -1.28. The van der Waals surface area contributed by atoms with E-state index in [1.54, 1.807) is 0 Å². The topological polar surface area (TPSA) is 60.8 Å². The fraction of sp³-hybridized carbons (Fsp3) is 0.462. The Morgan fingerprint density at radius 3 is 2.33 bits per heavy atom. The van der Waals surface area contributed by atoms with E-state index in [2.05, 4.69) is 0 Å². The first kappa shape index (κ1) is 16.1. The average Bonchev–Trinajstić information content (AvgIpc) is 2.36. The first-order valence-corrected chi connectivity index (χ1v) is 6.58. The number of amides is 1. The van der Waals surface area contributed by atoms with Gasteiger partial charge in [-0.2, -0.15) is 13.2 Å². The van der Waals surface area contributed by atoms with E-state index in [1.807, 2.05) is 0 Å². The minimum Gasteiger partial charge on any atom is -0.391 e. The zero-order chi connectivity index (χ0) is 15.8. The largest absolute Gasteiger partial charge is 0.416 e. The Balaban J connectivity index is 2.30. The Hall–Kier alpha value is -1.31. The Kier molecular flexibility index (Phi) is 4.46. The third kappa shape index (κ3) is 3.66. The number of benzene rings is 1. The second-order valence-electron chi connectivity index (χ2n) is 4.95. The number of aliphatic hydroxyl groups excluding tert-OH is 2. The smallest absolute Gasteiger partial charge is 0.391 e. The monoisotopic (exact) mass is 323 g/mol. The molecule has 0 spiro atoms. The highest BCUT2D eigenvalue weighted by Gasteiger charge is 2.33.